The standard InChI is InChI=1S/C25H30N6O6/c1-17-12-18(25(32)35-3)13-22(27-17)20-14-26-29(2)24(20)37-11-9-30-8-10-36-16-19(15-30)28-21-6-4-5-7-23(21)31(33)34/h4-7,12-14,19,28H,8-11,15-16H2,1-3H3. The summed E-state index contributed by atoms with van der Waals surface area (Å²) in [7, 11) is 3.12. The van der Waals surface area contributed by atoms with Crippen LogP contribution in [0.3, 0.4) is 0 Å². The van der Waals surface area contributed by atoms with Gasteiger partial charge in [0.25, 0.3) is 5.69 Å². The largest absolute Gasteiger partial charge is 0.476 e. The fourth-order valence-electron chi connectivity index (χ4n) is 4.23. The van der Waals surface area contributed by atoms with E-state index in [-0.39, 0.29) is 11.7 Å². The molecule has 2 aromatic heterocycles. The summed E-state index contributed by atoms with van der Waals surface area (Å²) < 4.78 is 18.3. The van der Waals surface area contributed by atoms with Crippen LogP contribution < -0.4 is 10.1 Å². The molecular formula is C25H30N6O6. The molecule has 3 aromatic rings. The van der Waals surface area contributed by atoms with Crippen molar-refractivity contribution < 1.29 is 23.9 Å². The lowest BCUT2D eigenvalue weighted by Gasteiger charge is -2.24. The summed E-state index contributed by atoms with van der Waals surface area (Å²) in [6, 6.07) is 9.80. The highest BCUT2D eigenvalue weighted by Crippen LogP contribution is 2.29. The van der Waals surface area contributed by atoms with Crippen molar-refractivity contribution in [3.05, 3.63) is 64.0 Å². The Morgan fingerprint density at radius 2 is 2.14 bits per heavy atom. The number of pyridine rings is 1. The number of carbonyl (C=O) groups is 1. The van der Waals surface area contributed by atoms with Gasteiger partial charge in [-0.25, -0.2) is 9.48 Å². The number of para-hydroxylation sites is 2. The molecule has 1 fully saturated rings. The van der Waals surface area contributed by atoms with Crippen LogP contribution in [0.5, 0.6) is 5.88 Å². The molecule has 0 bridgehead atoms. The number of nitro groups is 1. The minimum Gasteiger partial charge on any atom is -0.476 e. The fraction of sp³-hybridized carbons (Fsp3) is 0.400. The number of benzene rings is 1. The van der Waals surface area contributed by atoms with Gasteiger partial charge in [0.1, 0.15) is 12.3 Å². The summed E-state index contributed by atoms with van der Waals surface area (Å²) in [6.07, 6.45) is 1.66. The van der Waals surface area contributed by atoms with E-state index in [4.69, 9.17) is 14.2 Å². The van der Waals surface area contributed by atoms with Crippen LogP contribution in [0.15, 0.2) is 42.6 Å². The summed E-state index contributed by atoms with van der Waals surface area (Å²) in [6.45, 7) is 5.13. The summed E-state index contributed by atoms with van der Waals surface area (Å²) >= 11 is 0. The number of nitrogens with zero attached hydrogens (tertiary/aromatic N) is 5. The number of esters is 1. The Morgan fingerprint density at radius 3 is 2.92 bits per heavy atom. The van der Waals surface area contributed by atoms with E-state index in [2.05, 4.69) is 20.3 Å². The number of carbonyl (C=O) groups excluding carboxylic acids is 1. The quantitative estimate of drug-likeness (QED) is 0.260. The van der Waals surface area contributed by atoms with Crippen molar-refractivity contribution in [3.63, 3.8) is 0 Å². The van der Waals surface area contributed by atoms with Crippen LogP contribution in [0.4, 0.5) is 11.4 Å². The molecule has 1 atom stereocenters. The molecule has 1 saturated heterocycles. The molecule has 0 aliphatic carbocycles. The first kappa shape index (κ1) is 26.0. The third-order valence-corrected chi connectivity index (χ3v) is 5.99. The van der Waals surface area contributed by atoms with Gasteiger partial charge < -0.3 is 19.5 Å². The van der Waals surface area contributed by atoms with E-state index in [1.54, 1.807) is 48.3 Å². The lowest BCUT2D eigenvalue weighted by molar-refractivity contribution is -0.384. The third kappa shape index (κ3) is 6.40. The van der Waals surface area contributed by atoms with Gasteiger partial charge in [0.05, 0.1) is 54.3 Å². The Bertz CT molecular complexity index is 1260. The molecule has 0 radical (unpaired) electrons. The smallest absolute Gasteiger partial charge is 0.337 e. The van der Waals surface area contributed by atoms with Gasteiger partial charge in [-0.05, 0) is 25.1 Å². The lowest BCUT2D eigenvalue weighted by Crippen LogP contribution is -2.39. The van der Waals surface area contributed by atoms with Crippen LogP contribution in [0.2, 0.25) is 0 Å². The molecule has 1 aliphatic heterocycles. The molecule has 12 heteroatoms. The van der Waals surface area contributed by atoms with Crippen molar-refractivity contribution in [1.29, 1.82) is 0 Å². The van der Waals surface area contributed by atoms with E-state index in [1.165, 1.54) is 13.2 Å². The lowest BCUT2D eigenvalue weighted by atomic mass is 10.1. The molecule has 0 saturated carbocycles. The van der Waals surface area contributed by atoms with Crippen LogP contribution in [-0.2, 0) is 16.5 Å². The second-order valence-electron chi connectivity index (χ2n) is 8.70. The van der Waals surface area contributed by atoms with Gasteiger partial charge in [-0.1, -0.05) is 12.1 Å². The molecule has 3 heterocycles. The molecule has 1 aliphatic rings. The number of hydrogen-bond acceptors (Lipinski definition) is 10. The van der Waals surface area contributed by atoms with Gasteiger partial charge in [-0.15, -0.1) is 0 Å². The number of anilines is 1. The molecule has 0 spiro atoms. The van der Waals surface area contributed by atoms with E-state index < -0.39 is 10.9 Å². The number of nitro benzene ring substituents is 1. The Labute approximate surface area is 214 Å². The molecule has 1 aromatic carbocycles. The zero-order valence-electron chi connectivity index (χ0n) is 21.0. The Balaban J connectivity index is 1.41. The first-order valence-corrected chi connectivity index (χ1v) is 11.9. The van der Waals surface area contributed by atoms with Gasteiger partial charge in [0, 0.05) is 38.4 Å². The summed E-state index contributed by atoms with van der Waals surface area (Å²) in [4.78, 5) is 29.8. The maximum atomic E-state index is 12.1. The maximum Gasteiger partial charge on any atom is 0.337 e. The van der Waals surface area contributed by atoms with Crippen molar-refractivity contribution in [2.45, 2.75) is 13.0 Å². The molecule has 12 nitrogen and oxygen atoms in total. The monoisotopic (exact) mass is 510 g/mol. The van der Waals surface area contributed by atoms with Crippen molar-refractivity contribution in [3.8, 4) is 17.1 Å². The predicted molar refractivity (Wildman–Crippen MR) is 136 cm³/mol. The zero-order chi connectivity index (χ0) is 26.4. The predicted octanol–water partition coefficient (Wildman–Crippen LogP) is 2.68. The van der Waals surface area contributed by atoms with Crippen molar-refractivity contribution in [2.75, 3.05) is 51.9 Å². The summed E-state index contributed by atoms with van der Waals surface area (Å²) in [5.41, 5.74) is 2.82. The maximum absolute atomic E-state index is 12.1. The highest BCUT2D eigenvalue weighted by molar-refractivity contribution is 5.90. The highest BCUT2D eigenvalue weighted by Gasteiger charge is 2.22. The van der Waals surface area contributed by atoms with E-state index in [0.717, 1.165) is 0 Å². The van der Waals surface area contributed by atoms with Crippen molar-refractivity contribution in [2.24, 2.45) is 7.05 Å². The van der Waals surface area contributed by atoms with Gasteiger partial charge in [-0.3, -0.25) is 20.0 Å². The second-order valence-corrected chi connectivity index (χ2v) is 8.70. The molecule has 1 N–H and O–H groups in total. The van der Waals surface area contributed by atoms with E-state index in [1.807, 2.05) is 6.92 Å². The highest BCUT2D eigenvalue weighted by atomic mass is 16.6. The molecule has 196 valence electrons. The van der Waals surface area contributed by atoms with Crippen LogP contribution in [-0.4, -0.2) is 83.2 Å². The number of aromatic nitrogens is 3. The SMILES string of the molecule is COC(=O)c1cc(C)nc(-c2cnn(C)c2OCCN2CCOCC(Nc3ccccc3[N+](=O)[O-])C2)c1. The number of methoxy groups -OCH3 is 1. The van der Waals surface area contributed by atoms with Crippen LogP contribution in [0.25, 0.3) is 11.3 Å². The van der Waals surface area contributed by atoms with Gasteiger partial charge >= 0.3 is 5.97 Å². The van der Waals surface area contributed by atoms with Crippen LogP contribution in [0, 0.1) is 17.0 Å². The third-order valence-electron chi connectivity index (χ3n) is 5.99. The molecule has 1 unspecified atom stereocenters. The van der Waals surface area contributed by atoms with Gasteiger partial charge in [-0.2, -0.15) is 5.10 Å². The zero-order valence-corrected chi connectivity index (χ0v) is 21.0. The number of rotatable bonds is 9. The normalized spacial score (nSPS) is 16.1. The number of ether oxygens (including phenoxy) is 3. The van der Waals surface area contributed by atoms with Crippen molar-refractivity contribution >= 4 is 17.3 Å². The summed E-state index contributed by atoms with van der Waals surface area (Å²) in [5.74, 6) is 0.0973. The van der Waals surface area contributed by atoms with Crippen molar-refractivity contribution in [1.82, 2.24) is 19.7 Å². The van der Waals surface area contributed by atoms with Crippen LogP contribution >= 0.6 is 0 Å². The van der Waals surface area contributed by atoms with Gasteiger partial charge in [0.2, 0.25) is 5.88 Å². The fourth-order valence-corrected chi connectivity index (χ4v) is 4.23. The first-order chi connectivity index (χ1) is 17.9. The summed E-state index contributed by atoms with van der Waals surface area (Å²) in [5, 5.41) is 18.9. The molecule has 0 amide bonds. The molecule has 4 rings (SSSR count). The van der Waals surface area contributed by atoms with Crippen LogP contribution in [0.1, 0.15) is 16.1 Å². The Hall–Kier alpha value is -4.03. The van der Waals surface area contributed by atoms with E-state index in [0.29, 0.717) is 73.5 Å². The average Bonchev–Trinajstić information content (AvgIpc) is 3.10. The molecular weight excluding hydrogens is 480 g/mol. The molecule has 37 heavy (non-hydrogen) atoms. The average molecular weight is 511 g/mol. The Kier molecular flexibility index (Phi) is 8.31. The van der Waals surface area contributed by atoms with Gasteiger partial charge in [0.15, 0.2) is 0 Å². The topological polar surface area (TPSA) is 134 Å². The van der Waals surface area contributed by atoms with E-state index in [9.17, 15) is 14.9 Å². The minimum absolute atomic E-state index is 0.0329. The number of aryl methyl sites for hydroxylation is 2. The van der Waals surface area contributed by atoms with E-state index >= 15 is 0 Å². The number of nitrogens with one attached hydrogen (secondary N) is 1. The Morgan fingerprint density at radius 1 is 1.32 bits per heavy atom. The minimum atomic E-state index is -0.439. The first-order valence-electron chi connectivity index (χ1n) is 11.9. The second kappa shape index (κ2) is 11.8. The number of hydrogen-bond donors (Lipinski definition) is 1.